The van der Waals surface area contributed by atoms with Crippen molar-refractivity contribution in [2.24, 2.45) is 0 Å². The first-order valence-electron chi connectivity index (χ1n) is 6.88. The Morgan fingerprint density at radius 1 is 1.39 bits per heavy atom. The van der Waals surface area contributed by atoms with E-state index in [9.17, 15) is 0 Å². The number of nitrogens with one attached hydrogen (secondary N) is 1. The fraction of sp³-hybridized carbons (Fsp3) is 0.714. The maximum Gasteiger partial charge on any atom is 0.0594 e. The van der Waals surface area contributed by atoms with E-state index in [-0.39, 0.29) is 0 Å². The lowest BCUT2D eigenvalue weighted by molar-refractivity contribution is 0.0341. The molecular weight excluding hydrogens is 244 g/mol. The van der Waals surface area contributed by atoms with Gasteiger partial charge >= 0.3 is 0 Å². The first-order chi connectivity index (χ1) is 8.79. The van der Waals surface area contributed by atoms with Crippen LogP contribution in [0.15, 0.2) is 6.07 Å². The summed E-state index contributed by atoms with van der Waals surface area (Å²) in [4.78, 5) is 5.42. The van der Waals surface area contributed by atoms with Crippen molar-refractivity contribution in [3.8, 4) is 0 Å². The minimum absolute atomic E-state index is 0.883. The Hall–Kier alpha value is -0.420. The van der Waals surface area contributed by atoms with Crippen molar-refractivity contribution in [1.82, 2.24) is 10.2 Å². The molecule has 0 spiro atoms. The van der Waals surface area contributed by atoms with Crippen molar-refractivity contribution in [2.75, 3.05) is 32.8 Å². The predicted octanol–water partition coefficient (Wildman–Crippen LogP) is 2.39. The van der Waals surface area contributed by atoms with Gasteiger partial charge in [0.2, 0.25) is 0 Å². The number of aryl methyl sites for hydroxylation is 1. The highest BCUT2D eigenvalue weighted by Crippen LogP contribution is 2.23. The first kappa shape index (κ1) is 14.0. The number of nitrogens with zero attached hydrogens (tertiary/aromatic N) is 1. The van der Waals surface area contributed by atoms with Gasteiger partial charge in [-0.1, -0.05) is 6.92 Å². The third-order valence-electron chi connectivity index (χ3n) is 3.30. The lowest BCUT2D eigenvalue weighted by Crippen LogP contribution is -2.35. The topological polar surface area (TPSA) is 24.5 Å². The molecule has 0 bridgehead atoms. The van der Waals surface area contributed by atoms with Gasteiger partial charge in [-0.3, -0.25) is 4.90 Å². The number of thiophene rings is 1. The summed E-state index contributed by atoms with van der Waals surface area (Å²) >= 11 is 1.93. The fourth-order valence-corrected chi connectivity index (χ4v) is 3.24. The van der Waals surface area contributed by atoms with Crippen LogP contribution in [0.4, 0.5) is 0 Å². The van der Waals surface area contributed by atoms with Crippen LogP contribution >= 0.6 is 11.3 Å². The molecule has 18 heavy (non-hydrogen) atoms. The van der Waals surface area contributed by atoms with Crippen molar-refractivity contribution < 1.29 is 4.74 Å². The Morgan fingerprint density at radius 2 is 2.17 bits per heavy atom. The number of hydrogen-bond acceptors (Lipinski definition) is 4. The molecule has 1 saturated heterocycles. The summed E-state index contributed by atoms with van der Waals surface area (Å²) in [6, 6.07) is 2.37. The molecule has 1 aliphatic rings. The van der Waals surface area contributed by atoms with E-state index in [0.29, 0.717) is 0 Å². The molecule has 0 amide bonds. The van der Waals surface area contributed by atoms with E-state index in [1.54, 1.807) is 0 Å². The number of hydrogen-bond donors (Lipinski definition) is 1. The SMILES string of the molecule is CCCNCc1cc(CN2CCOCC2)c(C)s1. The second kappa shape index (κ2) is 7.24. The van der Waals surface area contributed by atoms with E-state index in [1.165, 1.54) is 21.7 Å². The average molecular weight is 268 g/mol. The monoisotopic (exact) mass is 268 g/mol. The van der Waals surface area contributed by atoms with Gasteiger partial charge < -0.3 is 10.1 Å². The molecule has 0 aromatic carbocycles. The highest BCUT2D eigenvalue weighted by atomic mass is 32.1. The largest absolute Gasteiger partial charge is 0.379 e. The summed E-state index contributed by atoms with van der Waals surface area (Å²) in [7, 11) is 0. The first-order valence-corrected chi connectivity index (χ1v) is 7.70. The summed E-state index contributed by atoms with van der Waals surface area (Å²) in [5.74, 6) is 0. The van der Waals surface area contributed by atoms with Crippen molar-refractivity contribution in [3.05, 3.63) is 21.4 Å². The smallest absolute Gasteiger partial charge is 0.0594 e. The summed E-state index contributed by atoms with van der Waals surface area (Å²) < 4.78 is 5.39. The van der Waals surface area contributed by atoms with E-state index in [4.69, 9.17) is 4.74 Å². The van der Waals surface area contributed by atoms with Crippen LogP contribution in [0, 0.1) is 6.92 Å². The molecular formula is C14H24N2OS. The van der Waals surface area contributed by atoms with Crippen molar-refractivity contribution >= 4 is 11.3 Å². The standard InChI is InChI=1S/C14H24N2OS/c1-3-4-15-10-14-9-13(12(2)18-14)11-16-5-7-17-8-6-16/h9,15H,3-8,10-11H2,1-2H3. The Morgan fingerprint density at radius 3 is 2.89 bits per heavy atom. The van der Waals surface area contributed by atoms with Crippen molar-refractivity contribution in [3.63, 3.8) is 0 Å². The molecule has 1 fully saturated rings. The molecule has 1 aliphatic heterocycles. The van der Waals surface area contributed by atoms with Crippen LogP contribution in [-0.4, -0.2) is 37.7 Å². The average Bonchev–Trinajstić information content (AvgIpc) is 2.72. The minimum atomic E-state index is 0.883. The minimum Gasteiger partial charge on any atom is -0.379 e. The number of ether oxygens (including phenoxy) is 1. The summed E-state index contributed by atoms with van der Waals surface area (Å²) in [6.07, 6.45) is 1.20. The van der Waals surface area contributed by atoms with E-state index < -0.39 is 0 Å². The van der Waals surface area contributed by atoms with Crippen LogP contribution in [0.25, 0.3) is 0 Å². The summed E-state index contributed by atoms with van der Waals surface area (Å²) in [5.41, 5.74) is 1.50. The maximum atomic E-state index is 5.39. The molecule has 0 atom stereocenters. The van der Waals surface area contributed by atoms with Crippen LogP contribution < -0.4 is 5.32 Å². The van der Waals surface area contributed by atoms with Crippen LogP contribution in [-0.2, 0) is 17.8 Å². The molecule has 1 N–H and O–H groups in total. The summed E-state index contributed by atoms with van der Waals surface area (Å²) in [5, 5.41) is 3.47. The van der Waals surface area contributed by atoms with Crippen LogP contribution in [0.2, 0.25) is 0 Å². The quantitative estimate of drug-likeness (QED) is 0.802. The molecule has 0 unspecified atom stereocenters. The van der Waals surface area contributed by atoms with Gasteiger partial charge in [-0.05, 0) is 31.5 Å². The highest BCUT2D eigenvalue weighted by molar-refractivity contribution is 7.12. The van der Waals surface area contributed by atoms with Gasteiger partial charge in [0.15, 0.2) is 0 Å². The summed E-state index contributed by atoms with van der Waals surface area (Å²) in [6.45, 7) is 11.6. The van der Waals surface area contributed by atoms with Gasteiger partial charge in [0.05, 0.1) is 13.2 Å². The second-order valence-corrected chi connectivity index (χ2v) is 6.20. The van der Waals surface area contributed by atoms with Gasteiger partial charge in [0, 0.05) is 35.9 Å². The lowest BCUT2D eigenvalue weighted by Gasteiger charge is -2.26. The molecule has 2 rings (SSSR count). The Bertz CT molecular complexity index is 359. The normalized spacial score (nSPS) is 17.2. The number of rotatable bonds is 6. The zero-order chi connectivity index (χ0) is 12.8. The lowest BCUT2D eigenvalue weighted by atomic mass is 10.2. The zero-order valence-electron chi connectivity index (χ0n) is 11.5. The molecule has 1 aromatic rings. The third kappa shape index (κ3) is 4.05. The fourth-order valence-electron chi connectivity index (χ4n) is 2.22. The van der Waals surface area contributed by atoms with Crippen LogP contribution in [0.1, 0.15) is 28.7 Å². The van der Waals surface area contributed by atoms with E-state index in [2.05, 4.69) is 30.1 Å². The molecule has 1 aromatic heterocycles. The predicted molar refractivity (Wildman–Crippen MR) is 77.1 cm³/mol. The van der Waals surface area contributed by atoms with Crippen molar-refractivity contribution in [2.45, 2.75) is 33.4 Å². The zero-order valence-corrected chi connectivity index (χ0v) is 12.3. The van der Waals surface area contributed by atoms with Crippen LogP contribution in [0.5, 0.6) is 0 Å². The molecule has 3 nitrogen and oxygen atoms in total. The van der Waals surface area contributed by atoms with Crippen LogP contribution in [0.3, 0.4) is 0 Å². The molecule has 102 valence electrons. The Kier molecular flexibility index (Phi) is 5.63. The van der Waals surface area contributed by atoms with E-state index in [0.717, 1.165) is 45.9 Å². The van der Waals surface area contributed by atoms with Crippen molar-refractivity contribution in [1.29, 1.82) is 0 Å². The molecule has 2 heterocycles. The Labute approximate surface area is 114 Å². The molecule has 0 saturated carbocycles. The van der Waals surface area contributed by atoms with E-state index >= 15 is 0 Å². The Balaban J connectivity index is 1.87. The van der Waals surface area contributed by atoms with Gasteiger partial charge in [-0.2, -0.15) is 0 Å². The van der Waals surface area contributed by atoms with Gasteiger partial charge in [0.25, 0.3) is 0 Å². The number of morpholine rings is 1. The molecule has 0 radical (unpaired) electrons. The van der Waals surface area contributed by atoms with Gasteiger partial charge in [-0.25, -0.2) is 0 Å². The van der Waals surface area contributed by atoms with Gasteiger partial charge in [-0.15, -0.1) is 11.3 Å². The maximum absolute atomic E-state index is 5.39. The molecule has 4 heteroatoms. The second-order valence-electron chi connectivity index (χ2n) is 4.86. The van der Waals surface area contributed by atoms with E-state index in [1.807, 2.05) is 11.3 Å². The highest BCUT2D eigenvalue weighted by Gasteiger charge is 2.13. The third-order valence-corrected chi connectivity index (χ3v) is 4.39. The molecule has 0 aliphatic carbocycles. The van der Waals surface area contributed by atoms with Gasteiger partial charge in [0.1, 0.15) is 0 Å².